The fourth-order valence-electron chi connectivity index (χ4n) is 2.59. The van der Waals surface area contributed by atoms with Gasteiger partial charge in [0.1, 0.15) is 29.4 Å². The first-order valence-corrected chi connectivity index (χ1v) is 6.22. The van der Waals surface area contributed by atoms with Gasteiger partial charge in [-0.2, -0.15) is 0 Å². The molecule has 6 nitrogen and oxygen atoms in total. The van der Waals surface area contributed by atoms with Crippen LogP contribution in [0.2, 0.25) is 0 Å². The van der Waals surface area contributed by atoms with Crippen molar-refractivity contribution in [1.82, 2.24) is 19.5 Å². The van der Waals surface area contributed by atoms with Crippen molar-refractivity contribution in [2.24, 2.45) is 0 Å². The summed E-state index contributed by atoms with van der Waals surface area (Å²) in [5, 5.41) is 11.3. The summed E-state index contributed by atoms with van der Waals surface area (Å²) in [6.07, 6.45) is 4.83. The molecule has 0 spiro atoms. The zero-order valence-electron chi connectivity index (χ0n) is 10.7. The van der Waals surface area contributed by atoms with Gasteiger partial charge in [-0.25, -0.2) is 14.4 Å². The van der Waals surface area contributed by atoms with Gasteiger partial charge in [0.05, 0.1) is 16.6 Å². The molecule has 0 saturated heterocycles. The maximum atomic E-state index is 13.4. The van der Waals surface area contributed by atoms with Gasteiger partial charge in [-0.05, 0) is 12.1 Å². The number of fused-ring (bicyclic) bond motifs is 2. The van der Waals surface area contributed by atoms with Crippen molar-refractivity contribution in [3.63, 3.8) is 0 Å². The van der Waals surface area contributed by atoms with E-state index in [1.807, 2.05) is 0 Å². The number of hydrogen-bond acceptors (Lipinski definition) is 4. The van der Waals surface area contributed by atoms with Crippen molar-refractivity contribution >= 4 is 27.8 Å². The van der Waals surface area contributed by atoms with E-state index < -0.39 is 5.82 Å². The van der Waals surface area contributed by atoms with Crippen LogP contribution in [0.25, 0.3) is 27.6 Å². The number of H-pyrrole nitrogens is 1. The summed E-state index contributed by atoms with van der Waals surface area (Å²) in [6.45, 7) is 0. The molecule has 0 radical (unpaired) electrons. The fraction of sp³-hybridized carbons (Fsp3) is 0. The second-order valence-corrected chi connectivity index (χ2v) is 4.70. The van der Waals surface area contributed by atoms with Crippen LogP contribution < -0.4 is 5.73 Å². The normalized spacial score (nSPS) is 11.5. The second-order valence-electron chi connectivity index (χ2n) is 4.70. The first-order valence-electron chi connectivity index (χ1n) is 6.22. The number of nitrogens with one attached hydrogen (secondary N) is 1. The maximum Gasteiger partial charge on any atom is 0.145 e. The third-order valence-corrected chi connectivity index (χ3v) is 3.47. The van der Waals surface area contributed by atoms with Crippen molar-refractivity contribution in [3.8, 4) is 11.4 Å². The predicted molar refractivity (Wildman–Crippen MR) is 76.8 cm³/mol. The van der Waals surface area contributed by atoms with E-state index in [0.29, 0.717) is 33.4 Å². The number of phenols is 1. The van der Waals surface area contributed by atoms with Crippen LogP contribution in [0, 0.1) is 5.82 Å². The summed E-state index contributed by atoms with van der Waals surface area (Å²) < 4.78 is 15.1. The Morgan fingerprint density at radius 3 is 3.00 bits per heavy atom. The van der Waals surface area contributed by atoms with E-state index in [0.717, 1.165) is 6.07 Å². The lowest BCUT2D eigenvalue weighted by Gasteiger charge is -2.06. The lowest BCUT2D eigenvalue weighted by Crippen LogP contribution is -1.96. The molecule has 0 aliphatic carbocycles. The summed E-state index contributed by atoms with van der Waals surface area (Å²) in [5.41, 5.74) is 7.70. The molecule has 0 atom stereocenters. The Bertz CT molecular complexity index is 988. The minimum atomic E-state index is -0.487. The van der Waals surface area contributed by atoms with E-state index in [9.17, 15) is 9.50 Å². The van der Waals surface area contributed by atoms with Gasteiger partial charge in [0.2, 0.25) is 0 Å². The molecule has 3 heterocycles. The molecule has 3 aromatic heterocycles. The molecular formula is C14H10FN5O. The number of nitrogens with zero attached hydrogens (tertiary/aromatic N) is 3. The Labute approximate surface area is 117 Å². The first kappa shape index (κ1) is 11.7. The van der Waals surface area contributed by atoms with Crippen LogP contribution in [0.5, 0.6) is 5.75 Å². The number of rotatable bonds is 1. The number of nitrogen functional groups attached to an aromatic ring is 1. The highest BCUT2D eigenvalue weighted by molar-refractivity contribution is 5.97. The molecule has 1 aromatic carbocycles. The highest BCUT2D eigenvalue weighted by Gasteiger charge is 2.15. The van der Waals surface area contributed by atoms with Crippen molar-refractivity contribution in [2.75, 3.05) is 5.73 Å². The molecular weight excluding hydrogens is 273 g/mol. The molecule has 0 unspecified atom stereocenters. The minimum Gasteiger partial charge on any atom is -0.506 e. The maximum absolute atomic E-state index is 13.4. The zero-order chi connectivity index (χ0) is 14.6. The second kappa shape index (κ2) is 3.95. The van der Waals surface area contributed by atoms with E-state index in [2.05, 4.69) is 15.0 Å². The summed E-state index contributed by atoms with van der Waals surface area (Å²) >= 11 is 0. The van der Waals surface area contributed by atoms with Crippen molar-refractivity contribution in [3.05, 3.63) is 42.7 Å². The third kappa shape index (κ3) is 1.57. The monoisotopic (exact) mass is 283 g/mol. The molecule has 0 bridgehead atoms. The predicted octanol–water partition coefficient (Wildman–Crippen LogP) is 2.33. The molecule has 4 rings (SSSR count). The Hall–Kier alpha value is -3.09. The quantitative estimate of drug-likeness (QED) is 0.500. The smallest absolute Gasteiger partial charge is 0.145 e. The molecule has 104 valence electrons. The molecule has 4 N–H and O–H groups in total. The molecule has 0 amide bonds. The minimum absolute atomic E-state index is 0.139. The van der Waals surface area contributed by atoms with Crippen molar-refractivity contribution in [1.29, 1.82) is 0 Å². The first-order chi connectivity index (χ1) is 10.1. The van der Waals surface area contributed by atoms with Gasteiger partial charge in [0, 0.05) is 23.8 Å². The van der Waals surface area contributed by atoms with Gasteiger partial charge in [0.15, 0.2) is 0 Å². The SMILES string of the molecule is Nc1ncnc2[nH]cc(-n3ccc4cc(F)cc(O)c43)c12. The van der Waals surface area contributed by atoms with Crippen molar-refractivity contribution in [2.45, 2.75) is 0 Å². The molecule has 4 aromatic rings. The number of anilines is 1. The number of aromatic amines is 1. The zero-order valence-corrected chi connectivity index (χ0v) is 10.7. The number of aromatic hydroxyl groups is 1. The van der Waals surface area contributed by atoms with Gasteiger partial charge in [0.25, 0.3) is 0 Å². The number of aromatic nitrogens is 4. The standard InChI is InChI=1S/C14H10FN5O/c15-8-3-7-1-2-20(12(7)10(21)4-8)9-5-17-14-11(9)13(16)18-6-19-14/h1-6,21H,(H3,16,17,18,19). The number of benzene rings is 1. The largest absolute Gasteiger partial charge is 0.506 e. The van der Waals surface area contributed by atoms with Crippen LogP contribution in [-0.2, 0) is 0 Å². The van der Waals surface area contributed by atoms with E-state index in [1.165, 1.54) is 12.4 Å². The average Bonchev–Trinajstić information content (AvgIpc) is 3.02. The van der Waals surface area contributed by atoms with E-state index >= 15 is 0 Å². The Balaban J connectivity index is 2.10. The number of nitrogens with two attached hydrogens (primary N) is 1. The summed E-state index contributed by atoms with van der Waals surface area (Å²) in [6, 6.07) is 4.16. The van der Waals surface area contributed by atoms with Gasteiger partial charge >= 0.3 is 0 Å². The lowest BCUT2D eigenvalue weighted by molar-refractivity contribution is 0.474. The average molecular weight is 283 g/mol. The fourth-order valence-corrected chi connectivity index (χ4v) is 2.59. The van der Waals surface area contributed by atoms with Crippen LogP contribution in [0.15, 0.2) is 36.9 Å². The molecule has 0 aliphatic rings. The number of phenolic OH excluding ortho intramolecular Hbond substituents is 1. The van der Waals surface area contributed by atoms with Crippen molar-refractivity contribution < 1.29 is 9.50 Å². The highest BCUT2D eigenvalue weighted by atomic mass is 19.1. The molecule has 21 heavy (non-hydrogen) atoms. The number of halogens is 1. The van der Waals surface area contributed by atoms with Crippen LogP contribution in [0.1, 0.15) is 0 Å². The lowest BCUT2D eigenvalue weighted by atomic mass is 10.2. The van der Waals surface area contributed by atoms with Gasteiger partial charge in [-0.3, -0.25) is 0 Å². The summed E-state index contributed by atoms with van der Waals surface area (Å²) in [7, 11) is 0. The van der Waals surface area contributed by atoms with E-state index in [-0.39, 0.29) is 5.75 Å². The van der Waals surface area contributed by atoms with Gasteiger partial charge < -0.3 is 20.4 Å². The molecule has 0 saturated carbocycles. The molecule has 0 fully saturated rings. The Kier molecular flexibility index (Phi) is 2.20. The van der Waals surface area contributed by atoms with Crippen LogP contribution in [0.4, 0.5) is 10.2 Å². The number of hydrogen-bond donors (Lipinski definition) is 3. The van der Waals surface area contributed by atoms with Crippen LogP contribution in [-0.4, -0.2) is 24.6 Å². The van der Waals surface area contributed by atoms with E-state index in [1.54, 1.807) is 23.0 Å². The Morgan fingerprint density at radius 2 is 2.14 bits per heavy atom. The summed E-state index contributed by atoms with van der Waals surface area (Å²) in [5.74, 6) is -0.293. The van der Waals surface area contributed by atoms with Gasteiger partial charge in [-0.15, -0.1) is 0 Å². The van der Waals surface area contributed by atoms with E-state index in [4.69, 9.17) is 5.73 Å². The van der Waals surface area contributed by atoms with Gasteiger partial charge in [-0.1, -0.05) is 0 Å². The summed E-state index contributed by atoms with van der Waals surface area (Å²) in [4.78, 5) is 11.1. The topological polar surface area (TPSA) is 92.8 Å². The van der Waals surface area contributed by atoms with Crippen LogP contribution in [0.3, 0.4) is 0 Å². The molecule has 7 heteroatoms. The highest BCUT2D eigenvalue weighted by Crippen LogP contribution is 2.33. The Morgan fingerprint density at radius 1 is 1.29 bits per heavy atom. The molecule has 0 aliphatic heterocycles. The third-order valence-electron chi connectivity index (χ3n) is 3.47. The van der Waals surface area contributed by atoms with Crippen LogP contribution >= 0.6 is 0 Å².